The Morgan fingerprint density at radius 3 is 2.53 bits per heavy atom. The van der Waals surface area contributed by atoms with Crippen molar-refractivity contribution in [3.63, 3.8) is 0 Å². The van der Waals surface area contributed by atoms with E-state index in [0.29, 0.717) is 0 Å². The Balaban J connectivity index is 2.75. The summed E-state index contributed by atoms with van der Waals surface area (Å²) in [5, 5.41) is 2.86. The Bertz CT molecular complexity index is 330. The van der Waals surface area contributed by atoms with Crippen molar-refractivity contribution in [3.05, 3.63) is 29.8 Å². The van der Waals surface area contributed by atoms with Gasteiger partial charge in [0.15, 0.2) is 0 Å². The molecule has 1 rings (SSSR count). The van der Waals surface area contributed by atoms with E-state index in [4.69, 9.17) is 4.74 Å². The van der Waals surface area contributed by atoms with Gasteiger partial charge in [-0.1, -0.05) is 0 Å². The first kappa shape index (κ1) is 11.9. The monoisotopic (exact) mass is 215 g/mol. The summed E-state index contributed by atoms with van der Waals surface area (Å²) in [5.41, 5.74) is 0.159. The van der Waals surface area contributed by atoms with Crippen molar-refractivity contribution >= 4 is 5.69 Å². The highest BCUT2D eigenvalue weighted by Crippen LogP contribution is 2.17. The fourth-order valence-electron chi connectivity index (χ4n) is 1.17. The van der Waals surface area contributed by atoms with E-state index in [0.717, 1.165) is 18.2 Å². The number of anilines is 1. The van der Waals surface area contributed by atoms with Gasteiger partial charge in [0.25, 0.3) is 0 Å². The number of hydrogen-bond acceptors (Lipinski definition) is 2. The zero-order valence-corrected chi connectivity index (χ0v) is 9.05. The third-order valence-corrected chi connectivity index (χ3v) is 2.39. The highest BCUT2D eigenvalue weighted by atomic mass is 19.1. The Kier molecular flexibility index (Phi) is 4.03. The van der Waals surface area contributed by atoms with Crippen molar-refractivity contribution in [1.29, 1.82) is 0 Å². The molecule has 4 heteroatoms. The van der Waals surface area contributed by atoms with Crippen LogP contribution in [0.4, 0.5) is 14.5 Å². The van der Waals surface area contributed by atoms with Gasteiger partial charge in [-0.2, -0.15) is 0 Å². The number of nitrogens with one attached hydrogen (secondary N) is 1. The van der Waals surface area contributed by atoms with Crippen molar-refractivity contribution in [2.24, 2.45) is 0 Å². The molecule has 0 saturated carbocycles. The number of ether oxygens (including phenoxy) is 1. The van der Waals surface area contributed by atoms with Crippen molar-refractivity contribution < 1.29 is 13.5 Å². The average molecular weight is 215 g/mol. The third-order valence-electron chi connectivity index (χ3n) is 2.39. The fourth-order valence-corrected chi connectivity index (χ4v) is 1.17. The molecule has 0 saturated heterocycles. The van der Waals surface area contributed by atoms with Crippen LogP contribution in [0.15, 0.2) is 18.2 Å². The molecular formula is C11H15F2NO. The number of hydrogen-bond donors (Lipinski definition) is 1. The van der Waals surface area contributed by atoms with Crippen LogP contribution in [-0.2, 0) is 4.74 Å². The summed E-state index contributed by atoms with van der Waals surface area (Å²) in [6.45, 7) is 3.70. The molecule has 1 aromatic rings. The van der Waals surface area contributed by atoms with E-state index >= 15 is 0 Å². The van der Waals surface area contributed by atoms with Gasteiger partial charge in [-0.3, -0.25) is 0 Å². The van der Waals surface area contributed by atoms with Gasteiger partial charge < -0.3 is 10.1 Å². The van der Waals surface area contributed by atoms with Crippen molar-refractivity contribution in [3.8, 4) is 0 Å². The topological polar surface area (TPSA) is 21.3 Å². The molecule has 0 spiro atoms. The van der Waals surface area contributed by atoms with Crippen molar-refractivity contribution in [1.82, 2.24) is 0 Å². The second-order valence-corrected chi connectivity index (χ2v) is 3.50. The normalized spacial score (nSPS) is 14.7. The molecule has 0 aliphatic carbocycles. The smallest absolute Gasteiger partial charge is 0.146 e. The molecule has 0 aromatic heterocycles. The average Bonchev–Trinajstić information content (AvgIpc) is 2.22. The Labute approximate surface area is 88.3 Å². The molecule has 0 amide bonds. The van der Waals surface area contributed by atoms with Crippen LogP contribution in [0.5, 0.6) is 0 Å². The van der Waals surface area contributed by atoms with E-state index in [1.165, 1.54) is 0 Å². The van der Waals surface area contributed by atoms with Gasteiger partial charge in [0, 0.05) is 13.2 Å². The lowest BCUT2D eigenvalue weighted by Gasteiger charge is -2.21. The first-order valence-corrected chi connectivity index (χ1v) is 4.79. The molecule has 0 aliphatic heterocycles. The summed E-state index contributed by atoms with van der Waals surface area (Å²) in [7, 11) is 1.57. The molecule has 84 valence electrons. The van der Waals surface area contributed by atoms with Crippen LogP contribution in [0.25, 0.3) is 0 Å². The molecule has 1 aromatic carbocycles. The van der Waals surface area contributed by atoms with Crippen LogP contribution in [0.1, 0.15) is 13.8 Å². The summed E-state index contributed by atoms with van der Waals surface area (Å²) in [6.07, 6.45) is -0.0762. The highest BCUT2D eigenvalue weighted by Gasteiger charge is 2.13. The minimum atomic E-state index is -0.466. The van der Waals surface area contributed by atoms with Crippen molar-refractivity contribution in [2.45, 2.75) is 26.0 Å². The second-order valence-electron chi connectivity index (χ2n) is 3.50. The molecule has 1 N–H and O–H groups in total. The standard InChI is InChI=1S/C11H15F2NO/c1-7(8(2)15-3)14-11-6-9(12)4-5-10(11)13/h4-8,14H,1-3H3. The van der Waals surface area contributed by atoms with Crippen LogP contribution < -0.4 is 5.32 Å². The van der Waals surface area contributed by atoms with Crippen LogP contribution >= 0.6 is 0 Å². The van der Waals surface area contributed by atoms with Gasteiger partial charge in [-0.15, -0.1) is 0 Å². The molecule has 0 bridgehead atoms. The van der Waals surface area contributed by atoms with E-state index in [1.807, 2.05) is 13.8 Å². The SMILES string of the molecule is COC(C)C(C)Nc1cc(F)ccc1F. The van der Waals surface area contributed by atoms with Gasteiger partial charge in [-0.25, -0.2) is 8.78 Å². The lowest BCUT2D eigenvalue weighted by Crippen LogP contribution is -2.30. The van der Waals surface area contributed by atoms with E-state index in [2.05, 4.69) is 5.32 Å². The molecular weight excluding hydrogens is 200 g/mol. The number of methoxy groups -OCH3 is 1. The van der Waals surface area contributed by atoms with Gasteiger partial charge in [-0.05, 0) is 32.0 Å². The van der Waals surface area contributed by atoms with Gasteiger partial charge in [0.2, 0.25) is 0 Å². The summed E-state index contributed by atoms with van der Waals surface area (Å²) in [5.74, 6) is -0.928. The zero-order valence-electron chi connectivity index (χ0n) is 9.05. The van der Waals surface area contributed by atoms with Gasteiger partial charge >= 0.3 is 0 Å². The third kappa shape index (κ3) is 3.16. The minimum Gasteiger partial charge on any atom is -0.380 e. The number of rotatable bonds is 4. The Morgan fingerprint density at radius 1 is 1.27 bits per heavy atom. The van der Waals surface area contributed by atoms with Crippen molar-refractivity contribution in [2.75, 3.05) is 12.4 Å². The fraction of sp³-hybridized carbons (Fsp3) is 0.455. The Hall–Kier alpha value is -1.16. The molecule has 0 radical (unpaired) electrons. The summed E-state index contributed by atoms with van der Waals surface area (Å²) in [6, 6.07) is 3.23. The lowest BCUT2D eigenvalue weighted by atomic mass is 10.2. The maximum atomic E-state index is 13.2. The molecule has 15 heavy (non-hydrogen) atoms. The number of halogens is 2. The molecule has 0 aliphatic rings. The summed E-state index contributed by atoms with van der Waals surface area (Å²) in [4.78, 5) is 0. The lowest BCUT2D eigenvalue weighted by molar-refractivity contribution is 0.106. The molecule has 0 fully saturated rings. The van der Waals surface area contributed by atoms with Crippen LogP contribution in [0, 0.1) is 11.6 Å². The molecule has 0 heterocycles. The zero-order chi connectivity index (χ0) is 11.4. The predicted octanol–water partition coefficient (Wildman–Crippen LogP) is 2.80. The first-order chi connectivity index (χ1) is 7.04. The van der Waals surface area contributed by atoms with Gasteiger partial charge in [0.05, 0.1) is 11.8 Å². The second kappa shape index (κ2) is 5.07. The van der Waals surface area contributed by atoms with Gasteiger partial charge in [0.1, 0.15) is 11.6 Å². The maximum Gasteiger partial charge on any atom is 0.146 e. The van der Waals surface area contributed by atoms with Crippen LogP contribution in [-0.4, -0.2) is 19.3 Å². The van der Waals surface area contributed by atoms with Crippen LogP contribution in [0.3, 0.4) is 0 Å². The van der Waals surface area contributed by atoms with E-state index in [1.54, 1.807) is 7.11 Å². The largest absolute Gasteiger partial charge is 0.380 e. The molecule has 2 atom stereocenters. The minimum absolute atomic E-state index is 0.0762. The predicted molar refractivity (Wildman–Crippen MR) is 55.9 cm³/mol. The van der Waals surface area contributed by atoms with E-state index < -0.39 is 11.6 Å². The Morgan fingerprint density at radius 2 is 1.93 bits per heavy atom. The van der Waals surface area contributed by atoms with Crippen LogP contribution in [0.2, 0.25) is 0 Å². The molecule has 2 unspecified atom stereocenters. The maximum absolute atomic E-state index is 13.2. The first-order valence-electron chi connectivity index (χ1n) is 4.79. The van der Waals surface area contributed by atoms with E-state index in [9.17, 15) is 8.78 Å². The summed E-state index contributed by atoms with van der Waals surface area (Å²) >= 11 is 0. The number of benzene rings is 1. The van der Waals surface area contributed by atoms with E-state index in [-0.39, 0.29) is 17.8 Å². The quantitative estimate of drug-likeness (QED) is 0.833. The molecule has 2 nitrogen and oxygen atoms in total. The highest BCUT2D eigenvalue weighted by molar-refractivity contribution is 5.45. The summed E-state index contributed by atoms with van der Waals surface area (Å²) < 4.78 is 31.1.